The highest BCUT2D eigenvalue weighted by molar-refractivity contribution is 7.08. The summed E-state index contributed by atoms with van der Waals surface area (Å²) in [6.45, 7) is 2.90. The minimum atomic E-state index is -0.0856. The average molecular weight is 475 g/mol. The van der Waals surface area contributed by atoms with E-state index in [1.54, 1.807) is 0 Å². The molecule has 6 heteroatoms. The first-order valence-corrected chi connectivity index (χ1v) is 12.7. The molecule has 0 bridgehead atoms. The van der Waals surface area contributed by atoms with E-state index in [-0.39, 0.29) is 17.8 Å². The number of hydrogen-bond donors (Lipinski definition) is 1. The summed E-state index contributed by atoms with van der Waals surface area (Å²) >= 11 is 1.22. The Hall–Kier alpha value is -3.25. The molecule has 2 aliphatic carbocycles. The van der Waals surface area contributed by atoms with Crippen molar-refractivity contribution >= 4 is 29.0 Å². The van der Waals surface area contributed by atoms with Crippen LogP contribution in [-0.4, -0.2) is 29.4 Å². The van der Waals surface area contributed by atoms with Gasteiger partial charge in [-0.1, -0.05) is 66.8 Å². The van der Waals surface area contributed by atoms with Gasteiger partial charge < -0.3 is 10.1 Å². The van der Waals surface area contributed by atoms with E-state index in [0.717, 1.165) is 48.1 Å². The van der Waals surface area contributed by atoms with Crippen molar-refractivity contribution in [1.82, 2.24) is 9.69 Å². The topological polar surface area (TPSA) is 68.3 Å². The summed E-state index contributed by atoms with van der Waals surface area (Å²) in [5.41, 5.74) is 4.07. The molecule has 1 aromatic heterocycles. The van der Waals surface area contributed by atoms with Crippen LogP contribution in [0.5, 0.6) is 0 Å². The van der Waals surface area contributed by atoms with Gasteiger partial charge in [-0.15, -0.1) is 0 Å². The van der Waals surface area contributed by atoms with Gasteiger partial charge in [0.25, 0.3) is 5.91 Å². The van der Waals surface area contributed by atoms with Gasteiger partial charge in [0.15, 0.2) is 0 Å². The highest BCUT2D eigenvalue weighted by Gasteiger charge is 2.27. The molecule has 1 amide bonds. The van der Waals surface area contributed by atoms with Crippen LogP contribution in [0.1, 0.15) is 47.8 Å². The zero-order valence-corrected chi connectivity index (χ0v) is 20.2. The Morgan fingerprint density at radius 3 is 2.47 bits per heavy atom. The SMILES string of the molecule is CCOC(=O)C1CCC(CNC(=O)c2cc(-c3ccc(C4=C/C=C/C=C/C=C\4)cc3)ns2)CC1. The Balaban J connectivity index is 1.30. The van der Waals surface area contributed by atoms with Gasteiger partial charge >= 0.3 is 5.97 Å². The van der Waals surface area contributed by atoms with E-state index >= 15 is 0 Å². The van der Waals surface area contributed by atoms with Crippen molar-refractivity contribution in [3.05, 3.63) is 83.3 Å². The van der Waals surface area contributed by atoms with E-state index in [4.69, 9.17) is 4.74 Å². The molecule has 0 radical (unpaired) electrons. The smallest absolute Gasteiger partial charge is 0.308 e. The second kappa shape index (κ2) is 11.7. The van der Waals surface area contributed by atoms with Gasteiger partial charge in [0.2, 0.25) is 0 Å². The molecule has 2 aliphatic rings. The van der Waals surface area contributed by atoms with Crippen LogP contribution in [0.15, 0.2) is 72.9 Å². The Kier molecular flexibility index (Phi) is 8.26. The molecule has 5 nitrogen and oxygen atoms in total. The van der Waals surface area contributed by atoms with Gasteiger partial charge in [-0.25, -0.2) is 0 Å². The Morgan fingerprint density at radius 2 is 1.71 bits per heavy atom. The molecule has 34 heavy (non-hydrogen) atoms. The molecule has 0 aliphatic heterocycles. The summed E-state index contributed by atoms with van der Waals surface area (Å²) in [5, 5.41) is 3.05. The predicted molar refractivity (Wildman–Crippen MR) is 137 cm³/mol. The lowest BCUT2D eigenvalue weighted by Crippen LogP contribution is -2.32. The maximum absolute atomic E-state index is 12.7. The highest BCUT2D eigenvalue weighted by Crippen LogP contribution is 2.30. The maximum atomic E-state index is 12.7. The van der Waals surface area contributed by atoms with Gasteiger partial charge in [0, 0.05) is 12.1 Å². The first kappa shape index (κ1) is 23.9. The summed E-state index contributed by atoms with van der Waals surface area (Å²) in [6.07, 6.45) is 17.8. The van der Waals surface area contributed by atoms with Crippen LogP contribution in [0.3, 0.4) is 0 Å². The third-order valence-electron chi connectivity index (χ3n) is 6.26. The number of hydrogen-bond acceptors (Lipinski definition) is 5. The van der Waals surface area contributed by atoms with Gasteiger partial charge in [-0.3, -0.25) is 9.59 Å². The van der Waals surface area contributed by atoms with Gasteiger partial charge in [0.1, 0.15) is 4.88 Å². The summed E-state index contributed by atoms with van der Waals surface area (Å²) in [4.78, 5) is 25.2. The number of rotatable bonds is 7. The van der Waals surface area contributed by atoms with Crippen LogP contribution < -0.4 is 5.32 Å². The number of carbonyl (C=O) groups is 2. The molecular weight excluding hydrogens is 444 g/mol. The van der Waals surface area contributed by atoms with Crippen molar-refractivity contribution in [2.45, 2.75) is 32.6 Å². The van der Waals surface area contributed by atoms with Crippen LogP contribution in [0.4, 0.5) is 0 Å². The fourth-order valence-corrected chi connectivity index (χ4v) is 4.97. The number of esters is 1. The molecule has 1 fully saturated rings. The molecule has 0 spiro atoms. The van der Waals surface area contributed by atoms with Crippen LogP contribution in [-0.2, 0) is 9.53 Å². The van der Waals surface area contributed by atoms with Crippen molar-refractivity contribution in [2.75, 3.05) is 13.2 Å². The summed E-state index contributed by atoms with van der Waals surface area (Å²) in [7, 11) is 0. The summed E-state index contributed by atoms with van der Waals surface area (Å²) in [5.74, 6) is 0.242. The number of amides is 1. The third kappa shape index (κ3) is 6.20. The fourth-order valence-electron chi connectivity index (χ4n) is 4.30. The average Bonchev–Trinajstić information content (AvgIpc) is 3.34. The number of benzene rings is 1. The quantitative estimate of drug-likeness (QED) is 0.502. The van der Waals surface area contributed by atoms with Crippen molar-refractivity contribution in [3.8, 4) is 11.3 Å². The molecule has 4 rings (SSSR count). The molecule has 1 N–H and O–H groups in total. The Labute approximate surface area is 205 Å². The minimum Gasteiger partial charge on any atom is -0.466 e. The second-order valence-corrected chi connectivity index (χ2v) is 9.39. The van der Waals surface area contributed by atoms with Gasteiger partial charge in [-0.05, 0) is 67.3 Å². The largest absolute Gasteiger partial charge is 0.466 e. The lowest BCUT2D eigenvalue weighted by Gasteiger charge is -2.27. The maximum Gasteiger partial charge on any atom is 0.308 e. The Morgan fingerprint density at radius 1 is 1.00 bits per heavy atom. The lowest BCUT2D eigenvalue weighted by molar-refractivity contribution is -0.149. The van der Waals surface area contributed by atoms with Crippen LogP contribution in [0.2, 0.25) is 0 Å². The number of nitrogens with one attached hydrogen (secondary N) is 1. The zero-order valence-electron chi connectivity index (χ0n) is 19.4. The monoisotopic (exact) mass is 474 g/mol. The van der Waals surface area contributed by atoms with Crippen molar-refractivity contribution in [1.29, 1.82) is 0 Å². The number of allylic oxidation sites excluding steroid dienone is 8. The van der Waals surface area contributed by atoms with Gasteiger partial charge in [-0.2, -0.15) is 4.37 Å². The molecular formula is C28H30N2O3S. The fraction of sp³-hybridized carbons (Fsp3) is 0.321. The van der Waals surface area contributed by atoms with Crippen molar-refractivity contribution < 1.29 is 14.3 Å². The normalized spacial score (nSPS) is 24.1. The van der Waals surface area contributed by atoms with Crippen LogP contribution in [0.25, 0.3) is 16.8 Å². The summed E-state index contributed by atoms with van der Waals surface area (Å²) < 4.78 is 9.63. The molecule has 2 aromatic rings. The van der Waals surface area contributed by atoms with E-state index < -0.39 is 0 Å². The number of carbonyl (C=O) groups excluding carboxylic acids is 2. The van der Waals surface area contributed by atoms with E-state index in [0.29, 0.717) is 23.9 Å². The molecule has 1 heterocycles. The standard InChI is InChI=1S/C28H30N2O3S/c1-2-33-28(32)24-12-10-20(11-13-24)19-29-27(31)26-18-25(30-34-26)23-16-14-22(15-17-23)21-8-6-4-3-5-7-9-21/h3-9,14-18,20,24H,2,10-13,19H2,1H3,(H,29,31)/b4-3+,5-3?,6-4?,7-5+,8-6-,9-7?,21-8?,21-9+. The third-order valence-corrected chi connectivity index (χ3v) is 7.05. The Bertz CT molecular complexity index is 1120. The number of ether oxygens (including phenoxy) is 1. The first-order valence-electron chi connectivity index (χ1n) is 11.9. The molecule has 0 unspecified atom stereocenters. The van der Waals surface area contributed by atoms with Crippen molar-refractivity contribution in [3.63, 3.8) is 0 Å². The second-order valence-electron chi connectivity index (χ2n) is 8.58. The van der Waals surface area contributed by atoms with Crippen molar-refractivity contribution in [2.24, 2.45) is 11.8 Å². The number of aromatic nitrogens is 1. The van der Waals surface area contributed by atoms with E-state index in [9.17, 15) is 9.59 Å². The van der Waals surface area contributed by atoms with E-state index in [1.165, 1.54) is 11.5 Å². The highest BCUT2D eigenvalue weighted by atomic mass is 32.1. The molecule has 176 valence electrons. The van der Waals surface area contributed by atoms with E-state index in [1.807, 2.05) is 55.5 Å². The predicted octanol–water partition coefficient (Wildman–Crippen LogP) is 5.98. The first-order chi connectivity index (χ1) is 16.6. The lowest BCUT2D eigenvalue weighted by atomic mass is 9.82. The van der Waals surface area contributed by atoms with Crippen LogP contribution >= 0.6 is 11.5 Å². The molecule has 0 atom stereocenters. The minimum absolute atomic E-state index is 0.00928. The summed E-state index contributed by atoms with van der Waals surface area (Å²) in [6, 6.07) is 10.1. The van der Waals surface area contributed by atoms with Crippen LogP contribution in [0, 0.1) is 11.8 Å². The molecule has 0 saturated heterocycles. The molecule has 1 saturated carbocycles. The number of nitrogens with zero attached hydrogens (tertiary/aromatic N) is 1. The van der Waals surface area contributed by atoms with Gasteiger partial charge in [0.05, 0.1) is 18.2 Å². The zero-order chi connectivity index (χ0) is 23.8. The molecule has 1 aromatic carbocycles. The van der Waals surface area contributed by atoms with E-state index in [2.05, 4.69) is 34.0 Å².